The lowest BCUT2D eigenvalue weighted by atomic mass is 10.1. The standard InChI is InChI=1S/C15H11FN2O2S/c1-8-2-3-9(4-11(8)16)14-18-13(7-21-14)10-5-12(15(19)20)17-6-10/h2-7,17H,1H3,(H,19,20). The van der Waals surface area contributed by atoms with E-state index in [9.17, 15) is 9.18 Å². The maximum atomic E-state index is 13.6. The summed E-state index contributed by atoms with van der Waals surface area (Å²) in [7, 11) is 0. The van der Waals surface area contributed by atoms with E-state index in [0.717, 1.165) is 0 Å². The molecule has 0 aliphatic carbocycles. The summed E-state index contributed by atoms with van der Waals surface area (Å²) in [5.41, 5.74) is 2.78. The SMILES string of the molecule is Cc1ccc(-c2nc(-c3c[nH]c(C(=O)O)c3)cs2)cc1F. The molecule has 2 heterocycles. The minimum atomic E-state index is -1.02. The molecule has 0 saturated heterocycles. The number of nitrogens with one attached hydrogen (secondary N) is 1. The number of H-pyrrole nitrogens is 1. The van der Waals surface area contributed by atoms with Crippen molar-refractivity contribution in [2.45, 2.75) is 6.92 Å². The third kappa shape index (κ3) is 2.57. The summed E-state index contributed by atoms with van der Waals surface area (Å²) in [5.74, 6) is -1.28. The van der Waals surface area contributed by atoms with E-state index >= 15 is 0 Å². The van der Waals surface area contributed by atoms with Gasteiger partial charge in [0.1, 0.15) is 16.5 Å². The Balaban J connectivity index is 1.95. The molecule has 0 aliphatic rings. The summed E-state index contributed by atoms with van der Waals surface area (Å²) < 4.78 is 13.6. The van der Waals surface area contributed by atoms with Crippen molar-refractivity contribution in [1.82, 2.24) is 9.97 Å². The molecule has 4 nitrogen and oxygen atoms in total. The molecule has 0 atom stereocenters. The van der Waals surface area contributed by atoms with E-state index in [1.165, 1.54) is 23.5 Å². The average Bonchev–Trinajstić information content (AvgIpc) is 3.09. The molecule has 0 unspecified atom stereocenters. The van der Waals surface area contributed by atoms with Crippen molar-refractivity contribution in [3.63, 3.8) is 0 Å². The maximum Gasteiger partial charge on any atom is 0.352 e. The molecule has 0 radical (unpaired) electrons. The van der Waals surface area contributed by atoms with Gasteiger partial charge in [-0.15, -0.1) is 11.3 Å². The Morgan fingerprint density at radius 1 is 1.33 bits per heavy atom. The van der Waals surface area contributed by atoms with E-state index in [1.807, 2.05) is 11.4 Å². The van der Waals surface area contributed by atoms with Crippen LogP contribution < -0.4 is 0 Å². The predicted octanol–water partition coefficient (Wildman–Crippen LogP) is 3.95. The monoisotopic (exact) mass is 302 g/mol. The Morgan fingerprint density at radius 2 is 2.14 bits per heavy atom. The summed E-state index contributed by atoms with van der Waals surface area (Å²) in [5, 5.41) is 11.4. The molecular weight excluding hydrogens is 291 g/mol. The van der Waals surface area contributed by atoms with Gasteiger partial charge < -0.3 is 10.1 Å². The number of thiazole rings is 1. The average molecular weight is 302 g/mol. The summed E-state index contributed by atoms with van der Waals surface area (Å²) in [6, 6.07) is 6.51. The van der Waals surface area contributed by atoms with Crippen molar-refractivity contribution in [2.24, 2.45) is 0 Å². The normalized spacial score (nSPS) is 10.8. The van der Waals surface area contributed by atoms with Crippen LogP contribution in [0, 0.1) is 12.7 Å². The lowest BCUT2D eigenvalue weighted by Crippen LogP contribution is -1.94. The summed E-state index contributed by atoms with van der Waals surface area (Å²) in [6.07, 6.45) is 1.60. The number of carbonyl (C=O) groups is 1. The molecule has 2 N–H and O–H groups in total. The zero-order valence-electron chi connectivity index (χ0n) is 11.1. The minimum absolute atomic E-state index is 0.112. The van der Waals surface area contributed by atoms with Gasteiger partial charge in [-0.25, -0.2) is 14.2 Å². The highest BCUT2D eigenvalue weighted by atomic mass is 32.1. The fourth-order valence-electron chi connectivity index (χ4n) is 1.93. The molecule has 2 aromatic heterocycles. The van der Waals surface area contributed by atoms with Crippen LogP contribution in [-0.2, 0) is 0 Å². The maximum absolute atomic E-state index is 13.6. The van der Waals surface area contributed by atoms with Gasteiger partial charge in [0, 0.05) is 22.7 Å². The Labute approximate surface area is 123 Å². The third-order valence-corrected chi connectivity index (χ3v) is 4.02. The van der Waals surface area contributed by atoms with Gasteiger partial charge >= 0.3 is 5.97 Å². The smallest absolute Gasteiger partial charge is 0.352 e. The van der Waals surface area contributed by atoms with Crippen LogP contribution in [0.2, 0.25) is 0 Å². The number of benzene rings is 1. The first-order valence-electron chi connectivity index (χ1n) is 6.19. The number of carboxylic acid groups (broad SMARTS) is 1. The summed E-state index contributed by atoms with van der Waals surface area (Å²) in [4.78, 5) is 18.0. The molecule has 0 fully saturated rings. The number of halogens is 1. The molecule has 0 aliphatic heterocycles. The van der Waals surface area contributed by atoms with Crippen LogP contribution in [0.4, 0.5) is 4.39 Å². The quantitative estimate of drug-likeness (QED) is 0.770. The first-order valence-corrected chi connectivity index (χ1v) is 7.06. The van der Waals surface area contributed by atoms with Crippen molar-refractivity contribution >= 4 is 17.3 Å². The van der Waals surface area contributed by atoms with E-state index < -0.39 is 5.97 Å². The van der Waals surface area contributed by atoms with Crippen LogP contribution in [0.15, 0.2) is 35.8 Å². The number of rotatable bonds is 3. The molecule has 0 bridgehead atoms. The number of aryl methyl sites for hydroxylation is 1. The van der Waals surface area contributed by atoms with Crippen molar-refractivity contribution in [1.29, 1.82) is 0 Å². The number of carboxylic acids is 1. The second kappa shape index (κ2) is 5.14. The number of aromatic carboxylic acids is 1. The van der Waals surface area contributed by atoms with E-state index in [0.29, 0.717) is 27.4 Å². The Hall–Kier alpha value is -2.47. The number of nitrogens with zero attached hydrogens (tertiary/aromatic N) is 1. The number of hydrogen-bond acceptors (Lipinski definition) is 3. The lowest BCUT2D eigenvalue weighted by molar-refractivity contribution is 0.0691. The zero-order chi connectivity index (χ0) is 15.0. The largest absolute Gasteiger partial charge is 0.477 e. The molecule has 0 spiro atoms. The van der Waals surface area contributed by atoms with Gasteiger partial charge in [-0.1, -0.05) is 12.1 Å². The summed E-state index contributed by atoms with van der Waals surface area (Å²) >= 11 is 1.39. The molecular formula is C15H11FN2O2S. The van der Waals surface area contributed by atoms with E-state index in [4.69, 9.17) is 5.11 Å². The van der Waals surface area contributed by atoms with Gasteiger partial charge in [-0.3, -0.25) is 0 Å². The van der Waals surface area contributed by atoms with Gasteiger partial charge in [0.25, 0.3) is 0 Å². The van der Waals surface area contributed by atoms with Gasteiger partial charge in [-0.2, -0.15) is 0 Å². The molecule has 0 saturated carbocycles. The van der Waals surface area contributed by atoms with Gasteiger partial charge in [0.05, 0.1) is 5.69 Å². The molecule has 21 heavy (non-hydrogen) atoms. The lowest BCUT2D eigenvalue weighted by Gasteiger charge is -1.99. The van der Waals surface area contributed by atoms with Crippen molar-refractivity contribution in [2.75, 3.05) is 0 Å². The second-order valence-corrected chi connectivity index (χ2v) is 5.47. The third-order valence-electron chi connectivity index (χ3n) is 3.13. The van der Waals surface area contributed by atoms with Crippen molar-refractivity contribution in [3.05, 3.63) is 52.9 Å². The first-order chi connectivity index (χ1) is 10.0. The Morgan fingerprint density at radius 3 is 2.81 bits per heavy atom. The van der Waals surface area contributed by atoms with Crippen molar-refractivity contribution < 1.29 is 14.3 Å². The van der Waals surface area contributed by atoms with Crippen LogP contribution in [0.5, 0.6) is 0 Å². The van der Waals surface area contributed by atoms with Crippen LogP contribution in [0.3, 0.4) is 0 Å². The fraction of sp³-hybridized carbons (Fsp3) is 0.0667. The van der Waals surface area contributed by atoms with Crippen LogP contribution in [0.25, 0.3) is 21.8 Å². The highest BCUT2D eigenvalue weighted by Gasteiger charge is 2.12. The number of aromatic nitrogens is 2. The van der Waals surface area contributed by atoms with Crippen molar-refractivity contribution in [3.8, 4) is 21.8 Å². The van der Waals surface area contributed by atoms with Crippen LogP contribution >= 0.6 is 11.3 Å². The Bertz CT molecular complexity index is 823. The zero-order valence-corrected chi connectivity index (χ0v) is 11.9. The first kappa shape index (κ1) is 13.5. The van der Waals surface area contributed by atoms with E-state index in [2.05, 4.69) is 9.97 Å². The minimum Gasteiger partial charge on any atom is -0.477 e. The molecule has 1 aromatic carbocycles. The summed E-state index contributed by atoms with van der Waals surface area (Å²) in [6.45, 7) is 1.71. The molecule has 3 rings (SSSR count). The molecule has 3 aromatic rings. The van der Waals surface area contributed by atoms with E-state index in [-0.39, 0.29) is 11.5 Å². The van der Waals surface area contributed by atoms with Gasteiger partial charge in [0.15, 0.2) is 0 Å². The van der Waals surface area contributed by atoms with Crippen LogP contribution in [0.1, 0.15) is 16.1 Å². The number of hydrogen-bond donors (Lipinski definition) is 2. The Kier molecular flexibility index (Phi) is 3.31. The van der Waals surface area contributed by atoms with Gasteiger partial charge in [-0.05, 0) is 24.6 Å². The molecule has 106 valence electrons. The number of aromatic amines is 1. The highest BCUT2D eigenvalue weighted by Crippen LogP contribution is 2.30. The highest BCUT2D eigenvalue weighted by molar-refractivity contribution is 7.13. The van der Waals surface area contributed by atoms with Gasteiger partial charge in [0.2, 0.25) is 0 Å². The molecule has 6 heteroatoms. The fourth-order valence-corrected chi connectivity index (χ4v) is 2.76. The second-order valence-electron chi connectivity index (χ2n) is 4.61. The van der Waals surface area contributed by atoms with Crippen LogP contribution in [-0.4, -0.2) is 21.0 Å². The topological polar surface area (TPSA) is 66.0 Å². The van der Waals surface area contributed by atoms with E-state index in [1.54, 1.807) is 19.2 Å². The molecule has 0 amide bonds. The predicted molar refractivity (Wildman–Crippen MR) is 79.0 cm³/mol.